The van der Waals surface area contributed by atoms with Crippen LogP contribution in [0.3, 0.4) is 0 Å². The Labute approximate surface area is 146 Å². The molecule has 1 aliphatic rings. The number of guanidine groups is 1. The summed E-state index contributed by atoms with van der Waals surface area (Å²) in [4.78, 5) is 7.14. The average Bonchev–Trinajstić information content (AvgIpc) is 3.07. The second kappa shape index (κ2) is 10.2. The molecule has 0 atom stereocenters. The van der Waals surface area contributed by atoms with Gasteiger partial charge in [-0.2, -0.15) is 0 Å². The number of likely N-dealkylation sites (tertiary alicyclic amines) is 1. The number of aliphatic imine (C=N–C) groups is 1. The van der Waals surface area contributed by atoms with Gasteiger partial charge in [0.05, 0.1) is 6.26 Å². The Bertz CT molecular complexity index is 501. The summed E-state index contributed by atoms with van der Waals surface area (Å²) in [5, 5.41) is 7.04. The van der Waals surface area contributed by atoms with Crippen LogP contribution in [0.1, 0.15) is 38.9 Å². The first-order valence-corrected chi connectivity index (χ1v) is 9.11. The van der Waals surface area contributed by atoms with E-state index in [0.29, 0.717) is 6.04 Å². The second-order valence-electron chi connectivity index (χ2n) is 6.64. The number of furan rings is 1. The van der Waals surface area contributed by atoms with E-state index in [1.165, 1.54) is 5.57 Å². The Balaban J connectivity index is 1.75. The third kappa shape index (κ3) is 6.79. The van der Waals surface area contributed by atoms with Crippen LogP contribution in [0.5, 0.6) is 0 Å². The van der Waals surface area contributed by atoms with E-state index in [2.05, 4.69) is 41.0 Å². The largest absolute Gasteiger partial charge is 0.469 e. The molecule has 2 N–H and O–H groups in total. The predicted octanol–water partition coefficient (Wildman–Crippen LogP) is 2.81. The summed E-state index contributed by atoms with van der Waals surface area (Å²) >= 11 is 0. The molecule has 1 saturated heterocycles. The van der Waals surface area contributed by atoms with Gasteiger partial charge in [0.2, 0.25) is 0 Å². The van der Waals surface area contributed by atoms with E-state index in [-0.39, 0.29) is 0 Å². The maximum absolute atomic E-state index is 5.38. The summed E-state index contributed by atoms with van der Waals surface area (Å²) in [6.45, 7) is 13.2. The van der Waals surface area contributed by atoms with Gasteiger partial charge in [-0.1, -0.05) is 19.1 Å². The Morgan fingerprint density at radius 1 is 1.42 bits per heavy atom. The first-order valence-electron chi connectivity index (χ1n) is 9.11. The third-order valence-electron chi connectivity index (χ3n) is 4.16. The summed E-state index contributed by atoms with van der Waals surface area (Å²) < 4.78 is 5.38. The van der Waals surface area contributed by atoms with Gasteiger partial charge in [-0.15, -0.1) is 0 Å². The number of hydrogen-bond donors (Lipinski definition) is 2. The molecule has 5 nitrogen and oxygen atoms in total. The van der Waals surface area contributed by atoms with Crippen molar-refractivity contribution >= 4 is 5.96 Å². The SMILES string of the molecule is C=C(C)CN1CCC(NC(=NCCC)NCCc2ccco2)CC1. The van der Waals surface area contributed by atoms with Gasteiger partial charge in [0.1, 0.15) is 5.76 Å². The smallest absolute Gasteiger partial charge is 0.191 e. The molecule has 0 unspecified atom stereocenters. The minimum Gasteiger partial charge on any atom is -0.469 e. The Morgan fingerprint density at radius 2 is 2.21 bits per heavy atom. The van der Waals surface area contributed by atoms with Crippen molar-refractivity contribution in [1.29, 1.82) is 0 Å². The van der Waals surface area contributed by atoms with E-state index in [1.807, 2.05) is 12.1 Å². The van der Waals surface area contributed by atoms with Crippen molar-refractivity contribution in [2.24, 2.45) is 4.99 Å². The molecule has 24 heavy (non-hydrogen) atoms. The summed E-state index contributed by atoms with van der Waals surface area (Å²) in [6.07, 6.45) is 5.95. The molecule has 0 bridgehead atoms. The van der Waals surface area contributed by atoms with Crippen LogP contribution in [0.15, 0.2) is 40.0 Å². The Kier molecular flexibility index (Phi) is 7.89. The van der Waals surface area contributed by atoms with Gasteiger partial charge in [0, 0.05) is 45.2 Å². The van der Waals surface area contributed by atoms with Gasteiger partial charge < -0.3 is 15.1 Å². The van der Waals surface area contributed by atoms with Crippen molar-refractivity contribution in [3.05, 3.63) is 36.3 Å². The molecule has 134 valence electrons. The topological polar surface area (TPSA) is 52.8 Å². The van der Waals surface area contributed by atoms with Gasteiger partial charge in [0.15, 0.2) is 5.96 Å². The van der Waals surface area contributed by atoms with Crippen LogP contribution in [0, 0.1) is 0 Å². The molecule has 0 amide bonds. The molecule has 2 rings (SSSR count). The lowest BCUT2D eigenvalue weighted by Gasteiger charge is -2.33. The van der Waals surface area contributed by atoms with Gasteiger partial charge in [-0.25, -0.2) is 0 Å². The molecule has 1 aromatic heterocycles. The number of rotatable bonds is 8. The highest BCUT2D eigenvalue weighted by atomic mass is 16.3. The number of nitrogens with one attached hydrogen (secondary N) is 2. The van der Waals surface area contributed by atoms with E-state index in [4.69, 9.17) is 4.42 Å². The fourth-order valence-electron chi connectivity index (χ4n) is 2.95. The molecule has 0 spiro atoms. The van der Waals surface area contributed by atoms with Gasteiger partial charge in [-0.3, -0.25) is 9.89 Å². The lowest BCUT2D eigenvalue weighted by molar-refractivity contribution is 0.221. The van der Waals surface area contributed by atoms with Crippen molar-refractivity contribution in [1.82, 2.24) is 15.5 Å². The molecular formula is C19H32N4O. The lowest BCUT2D eigenvalue weighted by atomic mass is 10.0. The maximum Gasteiger partial charge on any atom is 0.191 e. The van der Waals surface area contributed by atoms with Gasteiger partial charge in [0.25, 0.3) is 0 Å². The first-order chi connectivity index (χ1) is 11.7. The average molecular weight is 332 g/mol. The standard InChI is InChI=1S/C19H32N4O/c1-4-10-20-19(21-11-7-18-6-5-14-24-18)22-17-8-12-23(13-9-17)15-16(2)3/h5-6,14,17H,2,4,7-13,15H2,1,3H3,(H2,20,21,22). The van der Waals surface area contributed by atoms with Gasteiger partial charge >= 0.3 is 0 Å². The highest BCUT2D eigenvalue weighted by Gasteiger charge is 2.19. The summed E-state index contributed by atoms with van der Waals surface area (Å²) in [7, 11) is 0. The zero-order chi connectivity index (χ0) is 17.2. The zero-order valence-corrected chi connectivity index (χ0v) is 15.2. The van der Waals surface area contributed by atoms with Crippen LogP contribution in [0.2, 0.25) is 0 Å². The minimum absolute atomic E-state index is 0.498. The quantitative estimate of drug-likeness (QED) is 0.437. The predicted molar refractivity (Wildman–Crippen MR) is 100 cm³/mol. The molecular weight excluding hydrogens is 300 g/mol. The number of piperidine rings is 1. The van der Waals surface area contributed by atoms with Crippen molar-refractivity contribution in [3.63, 3.8) is 0 Å². The zero-order valence-electron chi connectivity index (χ0n) is 15.2. The molecule has 1 fully saturated rings. The van der Waals surface area contributed by atoms with E-state index in [0.717, 1.165) is 70.1 Å². The normalized spacial score (nSPS) is 17.0. The van der Waals surface area contributed by atoms with Crippen LogP contribution in [-0.2, 0) is 6.42 Å². The summed E-state index contributed by atoms with van der Waals surface area (Å²) in [6, 6.07) is 4.44. The molecule has 1 aliphatic heterocycles. The molecule has 0 aromatic carbocycles. The van der Waals surface area contributed by atoms with E-state index >= 15 is 0 Å². The molecule has 5 heteroatoms. The van der Waals surface area contributed by atoms with Crippen LogP contribution in [0.25, 0.3) is 0 Å². The number of nitrogens with zero attached hydrogens (tertiary/aromatic N) is 2. The molecule has 2 heterocycles. The summed E-state index contributed by atoms with van der Waals surface area (Å²) in [5.41, 5.74) is 1.24. The van der Waals surface area contributed by atoms with Crippen molar-refractivity contribution < 1.29 is 4.42 Å². The van der Waals surface area contributed by atoms with Crippen LogP contribution >= 0.6 is 0 Å². The van der Waals surface area contributed by atoms with Gasteiger partial charge in [-0.05, 0) is 38.3 Å². The molecule has 0 aliphatic carbocycles. The minimum atomic E-state index is 0.498. The van der Waals surface area contributed by atoms with Crippen molar-refractivity contribution in [2.75, 3.05) is 32.7 Å². The second-order valence-corrected chi connectivity index (χ2v) is 6.64. The highest BCUT2D eigenvalue weighted by molar-refractivity contribution is 5.80. The summed E-state index contributed by atoms with van der Waals surface area (Å²) in [5.74, 6) is 1.94. The van der Waals surface area contributed by atoms with Crippen LogP contribution in [-0.4, -0.2) is 49.6 Å². The Hall–Kier alpha value is -1.75. The molecule has 0 radical (unpaired) electrons. The fraction of sp³-hybridized carbons (Fsp3) is 0.632. The van der Waals surface area contributed by atoms with E-state index in [1.54, 1.807) is 6.26 Å². The molecule has 0 saturated carbocycles. The Morgan fingerprint density at radius 3 is 2.83 bits per heavy atom. The highest BCUT2D eigenvalue weighted by Crippen LogP contribution is 2.11. The monoisotopic (exact) mass is 332 g/mol. The van der Waals surface area contributed by atoms with E-state index < -0.39 is 0 Å². The van der Waals surface area contributed by atoms with Crippen molar-refractivity contribution in [3.8, 4) is 0 Å². The van der Waals surface area contributed by atoms with Crippen molar-refractivity contribution in [2.45, 2.75) is 45.6 Å². The first kappa shape index (κ1) is 18.6. The number of hydrogen-bond acceptors (Lipinski definition) is 3. The third-order valence-corrected chi connectivity index (χ3v) is 4.16. The molecule has 1 aromatic rings. The fourth-order valence-corrected chi connectivity index (χ4v) is 2.95. The lowest BCUT2D eigenvalue weighted by Crippen LogP contribution is -2.49. The van der Waals surface area contributed by atoms with E-state index in [9.17, 15) is 0 Å². The maximum atomic E-state index is 5.38. The van der Waals surface area contributed by atoms with Crippen LogP contribution < -0.4 is 10.6 Å². The van der Waals surface area contributed by atoms with Crippen LogP contribution in [0.4, 0.5) is 0 Å².